The van der Waals surface area contributed by atoms with Crippen molar-refractivity contribution in [2.75, 3.05) is 23.9 Å². The summed E-state index contributed by atoms with van der Waals surface area (Å²) < 4.78 is 79.7. The van der Waals surface area contributed by atoms with Crippen LogP contribution in [0.3, 0.4) is 0 Å². The number of ether oxygens (including phenoxy) is 2. The molecule has 0 saturated carbocycles. The maximum absolute atomic E-state index is 13.7. The van der Waals surface area contributed by atoms with Gasteiger partial charge in [0.2, 0.25) is 0 Å². The minimum Gasteiger partial charge on any atom is -0.467 e. The summed E-state index contributed by atoms with van der Waals surface area (Å²) in [6.45, 7) is 0.0676. The Bertz CT molecular complexity index is 1190. The van der Waals surface area contributed by atoms with Gasteiger partial charge >= 0.3 is 12.0 Å². The lowest BCUT2D eigenvalue weighted by Gasteiger charge is -2.24. The third kappa shape index (κ3) is 5.53. The Morgan fingerprint density at radius 3 is 2.47 bits per heavy atom. The van der Waals surface area contributed by atoms with Gasteiger partial charge in [0.15, 0.2) is 23.7 Å². The van der Waals surface area contributed by atoms with Crippen molar-refractivity contribution in [2.45, 2.75) is 38.5 Å². The van der Waals surface area contributed by atoms with Crippen molar-refractivity contribution in [3.63, 3.8) is 0 Å². The highest BCUT2D eigenvalue weighted by Crippen LogP contribution is 2.30. The molecule has 36 heavy (non-hydrogen) atoms. The van der Waals surface area contributed by atoms with Crippen molar-refractivity contribution >= 4 is 17.4 Å². The molecule has 192 valence electrons. The Morgan fingerprint density at radius 2 is 1.89 bits per heavy atom. The minimum atomic E-state index is -2.85. The number of methoxy groups -OCH3 is 1. The predicted octanol–water partition coefficient (Wildman–Crippen LogP) is 4.97. The zero-order valence-electron chi connectivity index (χ0n) is 18.9. The SMILES string of the molecule is COc1ncc(N(Cc2cc(C(F)F)n(C3CCCCO3)n2)C(=O)Nc2cc(F)c(F)c(F)c2)cn1. The second-order valence-corrected chi connectivity index (χ2v) is 7.83. The van der Waals surface area contributed by atoms with Crippen LogP contribution in [-0.2, 0) is 11.3 Å². The largest absolute Gasteiger partial charge is 0.467 e. The van der Waals surface area contributed by atoms with Crippen LogP contribution in [0.15, 0.2) is 30.6 Å². The summed E-state index contributed by atoms with van der Waals surface area (Å²) in [5.41, 5.74) is -0.573. The van der Waals surface area contributed by atoms with E-state index < -0.39 is 36.1 Å². The second-order valence-electron chi connectivity index (χ2n) is 7.83. The van der Waals surface area contributed by atoms with E-state index in [-0.39, 0.29) is 35.3 Å². The summed E-state index contributed by atoms with van der Waals surface area (Å²) in [5.74, 6) is -4.70. The van der Waals surface area contributed by atoms with Crippen molar-refractivity contribution in [1.29, 1.82) is 0 Å². The number of carbonyl (C=O) groups excluding carboxylic acids is 1. The Kier molecular flexibility index (Phi) is 7.62. The molecule has 2 aromatic heterocycles. The van der Waals surface area contributed by atoms with Crippen molar-refractivity contribution < 1.29 is 36.2 Å². The number of nitrogens with one attached hydrogen (secondary N) is 1. The molecule has 1 atom stereocenters. The molecule has 1 aromatic carbocycles. The van der Waals surface area contributed by atoms with Crippen molar-refractivity contribution in [1.82, 2.24) is 19.7 Å². The Balaban J connectivity index is 1.65. The highest BCUT2D eigenvalue weighted by atomic mass is 19.3. The molecule has 3 aromatic rings. The lowest BCUT2D eigenvalue weighted by molar-refractivity contribution is -0.0461. The number of benzene rings is 1. The first-order valence-corrected chi connectivity index (χ1v) is 10.8. The normalized spacial score (nSPS) is 15.7. The number of urea groups is 1. The van der Waals surface area contributed by atoms with Crippen molar-refractivity contribution in [3.8, 4) is 6.01 Å². The van der Waals surface area contributed by atoms with Crippen LogP contribution < -0.4 is 15.0 Å². The summed E-state index contributed by atoms with van der Waals surface area (Å²) in [7, 11) is 1.34. The maximum atomic E-state index is 13.7. The fourth-order valence-electron chi connectivity index (χ4n) is 3.66. The number of hydrogen-bond donors (Lipinski definition) is 1. The molecule has 1 aliphatic rings. The van der Waals surface area contributed by atoms with Crippen LogP contribution in [0, 0.1) is 17.5 Å². The van der Waals surface area contributed by atoms with E-state index in [1.807, 2.05) is 0 Å². The standard InChI is InChI=1S/C22H21F5N6O3/c1-35-21-28-9-14(10-29-21)32(22(34)30-12-6-15(23)19(25)16(24)7-12)11-13-8-17(20(26)27)33(31-13)18-4-2-3-5-36-18/h6-10,18,20H,2-5,11H2,1H3,(H,30,34). The Labute approximate surface area is 201 Å². The zero-order chi connectivity index (χ0) is 25.8. The monoisotopic (exact) mass is 512 g/mol. The van der Waals surface area contributed by atoms with Crippen LogP contribution in [0.1, 0.15) is 43.3 Å². The highest BCUT2D eigenvalue weighted by molar-refractivity contribution is 6.01. The molecule has 3 heterocycles. The molecule has 1 saturated heterocycles. The molecular formula is C22H21F5N6O3. The molecule has 9 nitrogen and oxygen atoms in total. The summed E-state index contributed by atoms with van der Waals surface area (Å²) in [4.78, 5) is 22.0. The lowest BCUT2D eigenvalue weighted by atomic mass is 10.2. The molecule has 1 aliphatic heterocycles. The lowest BCUT2D eigenvalue weighted by Crippen LogP contribution is -2.35. The third-order valence-electron chi connectivity index (χ3n) is 5.38. The van der Waals surface area contributed by atoms with Gasteiger partial charge in [-0.15, -0.1) is 0 Å². The van der Waals surface area contributed by atoms with E-state index in [0.29, 0.717) is 25.2 Å². The van der Waals surface area contributed by atoms with E-state index >= 15 is 0 Å². The van der Waals surface area contributed by atoms with Crippen LogP contribution in [-0.4, -0.2) is 39.5 Å². The summed E-state index contributed by atoms with van der Waals surface area (Å²) in [6, 6.07) is 1.41. The van der Waals surface area contributed by atoms with Crippen molar-refractivity contribution in [3.05, 3.63) is 59.4 Å². The molecule has 0 bridgehead atoms. The van der Waals surface area contributed by atoms with Gasteiger partial charge in [0.05, 0.1) is 37.4 Å². The van der Waals surface area contributed by atoms with Crippen LogP contribution >= 0.6 is 0 Å². The van der Waals surface area contributed by atoms with E-state index in [9.17, 15) is 26.7 Å². The fraction of sp³-hybridized carbons (Fsp3) is 0.364. The summed E-state index contributed by atoms with van der Waals surface area (Å²) >= 11 is 0. The van der Waals surface area contributed by atoms with Crippen LogP contribution in [0.2, 0.25) is 0 Å². The number of amides is 2. The van der Waals surface area contributed by atoms with Crippen molar-refractivity contribution in [2.24, 2.45) is 0 Å². The number of nitrogens with zero attached hydrogens (tertiary/aromatic N) is 5. The summed E-state index contributed by atoms with van der Waals surface area (Å²) in [5, 5.41) is 6.49. The van der Waals surface area contributed by atoms with E-state index in [0.717, 1.165) is 28.5 Å². The number of alkyl halides is 2. The van der Waals surface area contributed by atoms with Gasteiger partial charge in [-0.3, -0.25) is 4.90 Å². The average molecular weight is 512 g/mol. The topological polar surface area (TPSA) is 94.4 Å². The first-order valence-electron chi connectivity index (χ1n) is 10.8. The van der Waals surface area contributed by atoms with Crippen LogP contribution in [0.5, 0.6) is 6.01 Å². The number of hydrogen-bond acceptors (Lipinski definition) is 6. The smallest absolute Gasteiger partial charge is 0.326 e. The molecule has 0 aliphatic carbocycles. The van der Waals surface area contributed by atoms with Gasteiger partial charge in [-0.05, 0) is 25.3 Å². The summed E-state index contributed by atoms with van der Waals surface area (Å²) in [6.07, 6.45) is 1.02. The average Bonchev–Trinajstić information content (AvgIpc) is 3.31. The van der Waals surface area contributed by atoms with Gasteiger partial charge in [-0.2, -0.15) is 5.10 Å². The molecule has 1 unspecified atom stereocenters. The van der Waals surface area contributed by atoms with Gasteiger partial charge in [0.25, 0.3) is 6.43 Å². The molecule has 0 spiro atoms. The molecule has 1 fully saturated rings. The quantitative estimate of drug-likeness (QED) is 0.355. The number of rotatable bonds is 7. The zero-order valence-corrected chi connectivity index (χ0v) is 18.9. The maximum Gasteiger partial charge on any atom is 0.326 e. The van der Waals surface area contributed by atoms with Gasteiger partial charge in [-0.1, -0.05) is 0 Å². The molecule has 2 amide bonds. The minimum absolute atomic E-state index is 0.000460. The van der Waals surface area contributed by atoms with Crippen LogP contribution in [0.25, 0.3) is 0 Å². The molecule has 0 radical (unpaired) electrons. The molecular weight excluding hydrogens is 491 g/mol. The fourth-order valence-corrected chi connectivity index (χ4v) is 3.66. The Hall–Kier alpha value is -3.81. The van der Waals surface area contributed by atoms with Gasteiger partial charge in [0.1, 0.15) is 5.69 Å². The molecule has 1 N–H and O–H groups in total. The van der Waals surface area contributed by atoms with Gasteiger partial charge in [0, 0.05) is 24.4 Å². The van der Waals surface area contributed by atoms with Gasteiger partial charge < -0.3 is 14.8 Å². The van der Waals surface area contributed by atoms with E-state index in [1.165, 1.54) is 19.5 Å². The predicted molar refractivity (Wildman–Crippen MR) is 116 cm³/mol. The van der Waals surface area contributed by atoms with E-state index in [4.69, 9.17) is 9.47 Å². The number of carbonyl (C=O) groups is 1. The van der Waals surface area contributed by atoms with E-state index in [1.54, 1.807) is 0 Å². The number of aromatic nitrogens is 4. The molecule has 4 rings (SSSR count). The molecule has 14 heteroatoms. The first kappa shape index (κ1) is 25.3. The second kappa shape index (κ2) is 10.8. The first-order chi connectivity index (χ1) is 17.3. The third-order valence-corrected chi connectivity index (χ3v) is 5.38. The Morgan fingerprint density at radius 1 is 1.19 bits per heavy atom. The highest BCUT2D eigenvalue weighted by Gasteiger charge is 2.27. The van der Waals surface area contributed by atoms with Crippen LogP contribution in [0.4, 0.5) is 38.1 Å². The number of anilines is 2. The van der Waals surface area contributed by atoms with Gasteiger partial charge in [-0.25, -0.2) is 41.4 Å². The van der Waals surface area contributed by atoms with E-state index in [2.05, 4.69) is 20.4 Å². The number of halogens is 5.